The van der Waals surface area contributed by atoms with Crippen LogP contribution in [0.15, 0.2) is 0 Å². The van der Waals surface area contributed by atoms with Crippen molar-refractivity contribution in [3.05, 3.63) is 0 Å². The van der Waals surface area contributed by atoms with Crippen LogP contribution in [0.5, 0.6) is 0 Å². The molecule has 0 saturated carbocycles. The fraction of sp³-hybridized carbons (Fsp3) is 1.00. The molecule has 1 atom stereocenters. The first kappa shape index (κ1) is 17.1. The Morgan fingerprint density at radius 1 is 1.10 bits per heavy atom. The summed E-state index contributed by atoms with van der Waals surface area (Å²) in [6.07, 6.45) is 4.93. The van der Waals surface area contributed by atoms with Gasteiger partial charge in [0.15, 0.2) is 0 Å². The lowest BCUT2D eigenvalue weighted by Crippen LogP contribution is -2.55. The zero-order valence-corrected chi connectivity index (χ0v) is 14.4. The van der Waals surface area contributed by atoms with Gasteiger partial charge in [-0.3, -0.25) is 0 Å². The quantitative estimate of drug-likeness (QED) is 0.794. The fourth-order valence-corrected chi connectivity index (χ4v) is 5.34. The van der Waals surface area contributed by atoms with Crippen molar-refractivity contribution in [2.45, 2.75) is 44.2 Å². The third-order valence-corrected chi connectivity index (χ3v) is 6.88. The molecule has 0 radical (unpaired) electrons. The molecule has 0 aliphatic carbocycles. The SMILES string of the molecule is CNCC1CCCCN1S(=O)(=O)N1CCC(N(C)C)CC1. The maximum Gasteiger partial charge on any atom is 0.282 e. The number of hydrogen-bond donors (Lipinski definition) is 1. The van der Waals surface area contributed by atoms with Crippen molar-refractivity contribution in [1.29, 1.82) is 0 Å². The smallest absolute Gasteiger partial charge is 0.282 e. The summed E-state index contributed by atoms with van der Waals surface area (Å²) in [6.45, 7) is 2.71. The van der Waals surface area contributed by atoms with Crippen molar-refractivity contribution < 1.29 is 8.42 Å². The first-order chi connectivity index (χ1) is 9.96. The monoisotopic (exact) mass is 318 g/mol. The van der Waals surface area contributed by atoms with E-state index in [1.165, 1.54) is 0 Å². The molecule has 2 saturated heterocycles. The van der Waals surface area contributed by atoms with E-state index in [1.807, 2.05) is 7.05 Å². The van der Waals surface area contributed by atoms with E-state index >= 15 is 0 Å². The van der Waals surface area contributed by atoms with Crippen LogP contribution in [0.25, 0.3) is 0 Å². The summed E-state index contributed by atoms with van der Waals surface area (Å²) in [5.74, 6) is 0. The molecule has 7 heteroatoms. The van der Waals surface area contributed by atoms with Gasteiger partial charge in [-0.1, -0.05) is 6.42 Å². The van der Waals surface area contributed by atoms with Crippen molar-refractivity contribution >= 4 is 10.2 Å². The number of rotatable bonds is 5. The molecule has 6 nitrogen and oxygen atoms in total. The number of likely N-dealkylation sites (N-methyl/N-ethyl adjacent to an activating group) is 1. The van der Waals surface area contributed by atoms with Gasteiger partial charge in [0.25, 0.3) is 10.2 Å². The fourth-order valence-electron chi connectivity index (χ4n) is 3.46. The molecule has 0 aromatic rings. The van der Waals surface area contributed by atoms with E-state index in [1.54, 1.807) is 8.61 Å². The Balaban J connectivity index is 2.03. The Morgan fingerprint density at radius 2 is 1.76 bits per heavy atom. The summed E-state index contributed by atoms with van der Waals surface area (Å²) in [5, 5.41) is 3.13. The van der Waals surface area contributed by atoms with Crippen LogP contribution < -0.4 is 5.32 Å². The van der Waals surface area contributed by atoms with E-state index in [9.17, 15) is 8.42 Å². The predicted molar refractivity (Wildman–Crippen MR) is 85.5 cm³/mol. The van der Waals surface area contributed by atoms with Gasteiger partial charge in [0.2, 0.25) is 0 Å². The van der Waals surface area contributed by atoms with Crippen LogP contribution in [0, 0.1) is 0 Å². The van der Waals surface area contributed by atoms with Gasteiger partial charge >= 0.3 is 0 Å². The Morgan fingerprint density at radius 3 is 2.33 bits per heavy atom. The number of hydrogen-bond acceptors (Lipinski definition) is 4. The molecular formula is C14H30N4O2S. The average molecular weight is 318 g/mol. The molecule has 2 fully saturated rings. The van der Waals surface area contributed by atoms with Crippen molar-refractivity contribution in [2.75, 3.05) is 47.3 Å². The zero-order chi connectivity index (χ0) is 15.5. The van der Waals surface area contributed by atoms with Crippen LogP contribution in [-0.2, 0) is 10.2 Å². The minimum absolute atomic E-state index is 0.111. The second-order valence-electron chi connectivity index (χ2n) is 6.42. The van der Waals surface area contributed by atoms with Crippen LogP contribution in [-0.4, -0.2) is 81.3 Å². The van der Waals surface area contributed by atoms with Crippen LogP contribution in [0.2, 0.25) is 0 Å². The van der Waals surface area contributed by atoms with Crippen molar-refractivity contribution in [3.63, 3.8) is 0 Å². The van der Waals surface area contributed by atoms with E-state index in [-0.39, 0.29) is 6.04 Å². The molecule has 1 unspecified atom stereocenters. The highest BCUT2D eigenvalue weighted by atomic mass is 32.2. The van der Waals surface area contributed by atoms with Gasteiger partial charge in [0, 0.05) is 38.3 Å². The van der Waals surface area contributed by atoms with E-state index < -0.39 is 10.2 Å². The summed E-state index contributed by atoms with van der Waals surface area (Å²) < 4.78 is 29.3. The maximum atomic E-state index is 12.9. The van der Waals surface area contributed by atoms with Crippen molar-refractivity contribution in [2.24, 2.45) is 0 Å². The molecule has 0 amide bonds. The summed E-state index contributed by atoms with van der Waals surface area (Å²) in [6, 6.07) is 0.617. The van der Waals surface area contributed by atoms with Crippen LogP contribution in [0.4, 0.5) is 0 Å². The minimum atomic E-state index is -3.30. The van der Waals surface area contributed by atoms with Crippen LogP contribution in [0.1, 0.15) is 32.1 Å². The van der Waals surface area contributed by atoms with Gasteiger partial charge in [0.1, 0.15) is 0 Å². The lowest BCUT2D eigenvalue weighted by molar-refractivity contribution is 0.177. The minimum Gasteiger partial charge on any atom is -0.318 e. The van der Waals surface area contributed by atoms with Crippen LogP contribution in [0.3, 0.4) is 0 Å². The number of piperidine rings is 2. The molecule has 1 N–H and O–H groups in total. The largest absolute Gasteiger partial charge is 0.318 e. The topological polar surface area (TPSA) is 55.9 Å². The van der Waals surface area contributed by atoms with Gasteiger partial charge in [-0.05, 0) is 46.8 Å². The lowest BCUT2D eigenvalue weighted by atomic mass is 10.1. The Labute approximate surface area is 129 Å². The van der Waals surface area contributed by atoms with Gasteiger partial charge in [-0.15, -0.1) is 0 Å². The first-order valence-corrected chi connectivity index (χ1v) is 9.44. The zero-order valence-electron chi connectivity index (χ0n) is 13.6. The summed E-state index contributed by atoms with van der Waals surface area (Å²) in [5.41, 5.74) is 0. The normalized spacial score (nSPS) is 27.3. The molecule has 124 valence electrons. The maximum absolute atomic E-state index is 12.9. The van der Waals surface area contributed by atoms with Crippen molar-refractivity contribution in [3.8, 4) is 0 Å². The Bertz CT molecular complexity index is 417. The van der Waals surface area contributed by atoms with Crippen molar-refractivity contribution in [1.82, 2.24) is 18.8 Å². The van der Waals surface area contributed by atoms with E-state index in [0.29, 0.717) is 25.7 Å². The molecule has 0 aromatic heterocycles. The Kier molecular flexibility index (Phi) is 6.02. The average Bonchev–Trinajstić information content (AvgIpc) is 2.48. The third kappa shape index (κ3) is 3.96. The molecule has 2 heterocycles. The molecule has 0 spiro atoms. The van der Waals surface area contributed by atoms with Gasteiger partial charge in [0.05, 0.1) is 0 Å². The molecule has 2 aliphatic rings. The standard InChI is InChI=1S/C14H30N4O2S/c1-15-12-14-6-4-5-9-18(14)21(19,20)17-10-7-13(8-11-17)16(2)3/h13-15H,4-12H2,1-3H3. The second-order valence-corrected chi connectivity index (χ2v) is 8.30. The van der Waals surface area contributed by atoms with Gasteiger partial charge in [-0.2, -0.15) is 17.0 Å². The highest BCUT2D eigenvalue weighted by Crippen LogP contribution is 2.25. The second kappa shape index (κ2) is 7.37. The lowest BCUT2D eigenvalue weighted by Gasteiger charge is -2.41. The molecule has 0 aromatic carbocycles. The highest BCUT2D eigenvalue weighted by Gasteiger charge is 2.37. The number of nitrogens with zero attached hydrogens (tertiary/aromatic N) is 3. The third-order valence-electron chi connectivity index (χ3n) is 4.79. The van der Waals surface area contributed by atoms with Crippen LogP contribution >= 0.6 is 0 Å². The summed E-state index contributed by atoms with van der Waals surface area (Å²) in [7, 11) is 2.74. The first-order valence-electron chi connectivity index (χ1n) is 8.04. The van der Waals surface area contributed by atoms with Gasteiger partial charge < -0.3 is 10.2 Å². The summed E-state index contributed by atoms with van der Waals surface area (Å²) >= 11 is 0. The summed E-state index contributed by atoms with van der Waals surface area (Å²) in [4.78, 5) is 2.20. The highest BCUT2D eigenvalue weighted by molar-refractivity contribution is 7.86. The molecule has 0 bridgehead atoms. The van der Waals surface area contributed by atoms with E-state index in [2.05, 4.69) is 24.3 Å². The molecule has 2 rings (SSSR count). The molecule has 2 aliphatic heterocycles. The molecular weight excluding hydrogens is 288 g/mol. The molecule has 21 heavy (non-hydrogen) atoms. The number of nitrogens with one attached hydrogen (secondary N) is 1. The Hall–Kier alpha value is -0.210. The van der Waals surface area contributed by atoms with E-state index in [0.717, 1.165) is 38.6 Å². The van der Waals surface area contributed by atoms with E-state index in [4.69, 9.17) is 0 Å². The predicted octanol–water partition coefficient (Wildman–Crippen LogP) is 0.331. The van der Waals surface area contributed by atoms with Gasteiger partial charge in [-0.25, -0.2) is 0 Å².